The number of aryl methyl sites for hydroxylation is 1. The number of carbonyl (C=O) groups is 1. The summed E-state index contributed by atoms with van der Waals surface area (Å²) in [6.07, 6.45) is 1.30. The van der Waals surface area contributed by atoms with Gasteiger partial charge in [-0.05, 0) is 36.6 Å². The van der Waals surface area contributed by atoms with Crippen molar-refractivity contribution >= 4 is 21.8 Å². The Morgan fingerprint density at radius 2 is 1.86 bits per heavy atom. The van der Waals surface area contributed by atoms with Gasteiger partial charge in [0.05, 0.1) is 6.04 Å². The van der Waals surface area contributed by atoms with Gasteiger partial charge in [0.2, 0.25) is 5.91 Å². The van der Waals surface area contributed by atoms with E-state index in [4.69, 9.17) is 0 Å². The molecule has 0 aromatic heterocycles. The van der Waals surface area contributed by atoms with E-state index >= 15 is 0 Å². The van der Waals surface area contributed by atoms with Crippen molar-refractivity contribution < 1.29 is 4.79 Å². The first-order valence-corrected chi connectivity index (χ1v) is 7.92. The lowest BCUT2D eigenvalue weighted by Gasteiger charge is -2.25. The molecule has 0 aliphatic rings. The second-order valence-electron chi connectivity index (χ2n) is 5.22. The molecule has 2 nitrogen and oxygen atoms in total. The molecule has 0 fully saturated rings. The molecule has 1 atom stereocenters. The van der Waals surface area contributed by atoms with E-state index in [-0.39, 0.29) is 11.9 Å². The first-order chi connectivity index (χ1) is 10.1. The highest BCUT2D eigenvalue weighted by atomic mass is 79.9. The van der Waals surface area contributed by atoms with Crippen LogP contribution in [0.25, 0.3) is 0 Å². The Morgan fingerprint density at radius 1 is 1.14 bits per heavy atom. The van der Waals surface area contributed by atoms with Gasteiger partial charge in [-0.3, -0.25) is 4.79 Å². The zero-order chi connectivity index (χ0) is 15.2. The van der Waals surface area contributed by atoms with Gasteiger partial charge in [-0.2, -0.15) is 0 Å². The number of carbonyl (C=O) groups excluding carboxylic acids is 1. The van der Waals surface area contributed by atoms with Gasteiger partial charge in [-0.15, -0.1) is 0 Å². The zero-order valence-corrected chi connectivity index (χ0v) is 14.0. The van der Waals surface area contributed by atoms with Crippen LogP contribution in [-0.4, -0.2) is 17.9 Å². The lowest BCUT2D eigenvalue weighted by molar-refractivity contribution is -0.131. The number of benzene rings is 2. The van der Waals surface area contributed by atoms with E-state index in [0.29, 0.717) is 6.42 Å². The van der Waals surface area contributed by atoms with E-state index in [2.05, 4.69) is 47.1 Å². The molecule has 2 aromatic rings. The molecule has 0 spiro atoms. The van der Waals surface area contributed by atoms with Gasteiger partial charge in [0, 0.05) is 17.9 Å². The van der Waals surface area contributed by atoms with Crippen LogP contribution in [0.2, 0.25) is 0 Å². The number of hydrogen-bond donors (Lipinski definition) is 0. The average molecular weight is 346 g/mol. The molecular formula is C18H20BrNO. The Hall–Kier alpha value is -1.61. The van der Waals surface area contributed by atoms with Crippen LogP contribution in [-0.2, 0) is 11.2 Å². The first-order valence-electron chi connectivity index (χ1n) is 7.13. The van der Waals surface area contributed by atoms with Crippen LogP contribution >= 0.6 is 15.9 Å². The topological polar surface area (TPSA) is 20.3 Å². The molecule has 0 N–H and O–H groups in total. The minimum atomic E-state index is 0.0983. The van der Waals surface area contributed by atoms with Crippen LogP contribution in [0, 0.1) is 0 Å². The summed E-state index contributed by atoms with van der Waals surface area (Å²) in [7, 11) is 1.88. The molecule has 3 heteroatoms. The second kappa shape index (κ2) is 7.41. The number of amides is 1. The number of rotatable bonds is 5. The maximum absolute atomic E-state index is 12.3. The van der Waals surface area contributed by atoms with Crippen molar-refractivity contribution in [3.05, 3.63) is 70.2 Å². The van der Waals surface area contributed by atoms with Gasteiger partial charge < -0.3 is 4.90 Å². The standard InChI is InChI=1S/C18H20BrNO/c1-14(16-8-4-3-5-9-16)20(2)18(21)12-11-15-7-6-10-17(19)13-15/h3-10,13-14H,11-12H2,1-2H3. The fraction of sp³-hybridized carbons (Fsp3) is 0.278. The third-order valence-corrected chi connectivity index (χ3v) is 4.27. The smallest absolute Gasteiger partial charge is 0.223 e. The van der Waals surface area contributed by atoms with Gasteiger partial charge in [-0.1, -0.05) is 58.4 Å². The lowest BCUT2D eigenvalue weighted by atomic mass is 10.1. The Labute approximate surface area is 134 Å². The van der Waals surface area contributed by atoms with Crippen LogP contribution in [0.1, 0.15) is 30.5 Å². The molecule has 110 valence electrons. The third-order valence-electron chi connectivity index (χ3n) is 3.77. The van der Waals surface area contributed by atoms with Crippen LogP contribution in [0.15, 0.2) is 59.1 Å². The summed E-state index contributed by atoms with van der Waals surface area (Å²) in [6.45, 7) is 2.06. The van der Waals surface area contributed by atoms with Crippen molar-refractivity contribution in [2.75, 3.05) is 7.05 Å². The van der Waals surface area contributed by atoms with Crippen molar-refractivity contribution in [1.82, 2.24) is 4.90 Å². The summed E-state index contributed by atoms with van der Waals surface area (Å²) in [4.78, 5) is 14.2. The molecule has 21 heavy (non-hydrogen) atoms. The maximum Gasteiger partial charge on any atom is 0.223 e. The largest absolute Gasteiger partial charge is 0.339 e. The predicted octanol–water partition coefficient (Wildman–Crippen LogP) is 4.60. The van der Waals surface area contributed by atoms with Crippen LogP contribution in [0.4, 0.5) is 0 Å². The molecule has 0 saturated heterocycles. The van der Waals surface area contributed by atoms with Crippen molar-refractivity contribution in [2.24, 2.45) is 0 Å². The molecule has 0 aliphatic carbocycles. The van der Waals surface area contributed by atoms with E-state index in [1.807, 2.05) is 42.3 Å². The highest BCUT2D eigenvalue weighted by Crippen LogP contribution is 2.20. The quantitative estimate of drug-likeness (QED) is 0.775. The zero-order valence-electron chi connectivity index (χ0n) is 12.4. The molecular weight excluding hydrogens is 326 g/mol. The summed E-state index contributed by atoms with van der Waals surface area (Å²) in [5.74, 6) is 0.173. The van der Waals surface area contributed by atoms with Gasteiger partial charge in [0.1, 0.15) is 0 Å². The molecule has 2 aromatic carbocycles. The molecule has 0 aliphatic heterocycles. The third kappa shape index (κ3) is 4.43. The SMILES string of the molecule is CC(c1ccccc1)N(C)C(=O)CCc1cccc(Br)c1. The molecule has 0 radical (unpaired) electrons. The van der Waals surface area contributed by atoms with E-state index in [9.17, 15) is 4.79 Å². The predicted molar refractivity (Wildman–Crippen MR) is 90.1 cm³/mol. The highest BCUT2D eigenvalue weighted by molar-refractivity contribution is 9.10. The van der Waals surface area contributed by atoms with Gasteiger partial charge in [0.25, 0.3) is 0 Å². The lowest BCUT2D eigenvalue weighted by Crippen LogP contribution is -2.29. The molecule has 0 saturated carbocycles. The molecule has 0 bridgehead atoms. The molecule has 1 amide bonds. The van der Waals surface area contributed by atoms with Crippen LogP contribution < -0.4 is 0 Å². The minimum absolute atomic E-state index is 0.0983. The van der Waals surface area contributed by atoms with Crippen molar-refractivity contribution in [3.8, 4) is 0 Å². The Bertz CT molecular complexity index is 597. The summed E-state index contributed by atoms with van der Waals surface area (Å²) in [5, 5.41) is 0. The average Bonchev–Trinajstić information content (AvgIpc) is 2.52. The number of halogens is 1. The maximum atomic E-state index is 12.3. The Balaban J connectivity index is 1.94. The van der Waals surface area contributed by atoms with Crippen molar-refractivity contribution in [1.29, 1.82) is 0 Å². The minimum Gasteiger partial charge on any atom is -0.339 e. The fourth-order valence-corrected chi connectivity index (χ4v) is 2.74. The monoisotopic (exact) mass is 345 g/mol. The molecule has 0 heterocycles. The first kappa shape index (κ1) is 15.8. The van der Waals surface area contributed by atoms with E-state index in [1.54, 1.807) is 0 Å². The molecule has 2 rings (SSSR count). The molecule has 1 unspecified atom stereocenters. The Kier molecular flexibility index (Phi) is 5.57. The van der Waals surface area contributed by atoms with Crippen molar-refractivity contribution in [3.63, 3.8) is 0 Å². The van der Waals surface area contributed by atoms with Crippen molar-refractivity contribution in [2.45, 2.75) is 25.8 Å². The normalized spacial score (nSPS) is 12.0. The second-order valence-corrected chi connectivity index (χ2v) is 6.14. The highest BCUT2D eigenvalue weighted by Gasteiger charge is 2.16. The van der Waals surface area contributed by atoms with Gasteiger partial charge in [0.15, 0.2) is 0 Å². The van der Waals surface area contributed by atoms with E-state index < -0.39 is 0 Å². The summed E-state index contributed by atoms with van der Waals surface area (Å²) >= 11 is 3.46. The Morgan fingerprint density at radius 3 is 2.52 bits per heavy atom. The summed E-state index contributed by atoms with van der Waals surface area (Å²) in [5.41, 5.74) is 2.34. The van der Waals surface area contributed by atoms with E-state index in [0.717, 1.165) is 16.5 Å². The van der Waals surface area contributed by atoms with Crippen LogP contribution in [0.5, 0.6) is 0 Å². The van der Waals surface area contributed by atoms with Crippen LogP contribution in [0.3, 0.4) is 0 Å². The number of nitrogens with zero attached hydrogens (tertiary/aromatic N) is 1. The fourth-order valence-electron chi connectivity index (χ4n) is 2.29. The summed E-state index contributed by atoms with van der Waals surface area (Å²) in [6, 6.07) is 18.3. The van der Waals surface area contributed by atoms with Gasteiger partial charge in [-0.25, -0.2) is 0 Å². The van der Waals surface area contributed by atoms with E-state index in [1.165, 1.54) is 5.56 Å². The summed E-state index contributed by atoms with van der Waals surface area (Å²) < 4.78 is 1.05. The number of hydrogen-bond acceptors (Lipinski definition) is 1. The van der Waals surface area contributed by atoms with Gasteiger partial charge >= 0.3 is 0 Å².